The van der Waals surface area contributed by atoms with Gasteiger partial charge in [0.15, 0.2) is 5.65 Å². The summed E-state index contributed by atoms with van der Waals surface area (Å²) in [5.74, 6) is 0.452. The highest BCUT2D eigenvalue weighted by Crippen LogP contribution is 2.39. The number of halogens is 6. The zero-order valence-corrected chi connectivity index (χ0v) is 18.3. The van der Waals surface area contributed by atoms with Crippen molar-refractivity contribution in [3.8, 4) is 0 Å². The smallest absolute Gasteiger partial charge is 0.352 e. The molecule has 0 spiro atoms. The number of imidazole rings is 1. The first kappa shape index (κ1) is 24.0. The van der Waals surface area contributed by atoms with Crippen molar-refractivity contribution in [1.29, 1.82) is 0 Å². The lowest BCUT2D eigenvalue weighted by Crippen LogP contribution is -2.30. The maximum Gasteiger partial charge on any atom is 0.416 e. The van der Waals surface area contributed by atoms with E-state index in [1.54, 1.807) is 4.57 Å². The largest absolute Gasteiger partial charge is 0.416 e. The van der Waals surface area contributed by atoms with Crippen molar-refractivity contribution >= 4 is 28.7 Å². The molecule has 0 atom stereocenters. The second kappa shape index (κ2) is 8.93. The molecule has 4 rings (SSSR count). The zero-order valence-electron chi connectivity index (χ0n) is 18.3. The molecule has 0 saturated carbocycles. The normalized spacial score (nSPS) is 15.8. The predicted molar refractivity (Wildman–Crippen MR) is 115 cm³/mol. The maximum atomic E-state index is 13.3. The summed E-state index contributed by atoms with van der Waals surface area (Å²) in [6, 6.07) is 1.31. The number of aromatic nitrogens is 4. The monoisotopic (exact) mass is 487 g/mol. The van der Waals surface area contributed by atoms with E-state index in [0.717, 1.165) is 0 Å². The Morgan fingerprint density at radius 3 is 2.15 bits per heavy atom. The van der Waals surface area contributed by atoms with Gasteiger partial charge >= 0.3 is 12.4 Å². The fraction of sp³-hybridized carbons (Fsp3) is 0.476. The molecule has 0 amide bonds. The van der Waals surface area contributed by atoms with Crippen LogP contribution in [0, 0.1) is 0 Å². The Kier molecular flexibility index (Phi) is 6.32. The molecule has 3 N–H and O–H groups in total. The van der Waals surface area contributed by atoms with Crippen LogP contribution in [0.1, 0.15) is 43.9 Å². The number of hydrogen-bond donors (Lipinski definition) is 3. The van der Waals surface area contributed by atoms with Gasteiger partial charge in [0.2, 0.25) is 11.9 Å². The van der Waals surface area contributed by atoms with Gasteiger partial charge in [0.1, 0.15) is 5.52 Å². The highest BCUT2D eigenvalue weighted by atomic mass is 19.4. The van der Waals surface area contributed by atoms with Gasteiger partial charge < -0.3 is 16.0 Å². The van der Waals surface area contributed by atoms with Gasteiger partial charge in [-0.2, -0.15) is 31.3 Å². The molecule has 184 valence electrons. The molecule has 34 heavy (non-hydrogen) atoms. The van der Waals surface area contributed by atoms with Crippen molar-refractivity contribution in [2.24, 2.45) is 0 Å². The van der Waals surface area contributed by atoms with E-state index in [0.29, 0.717) is 55.2 Å². The van der Waals surface area contributed by atoms with Crippen molar-refractivity contribution in [1.82, 2.24) is 24.8 Å². The van der Waals surface area contributed by atoms with Crippen LogP contribution < -0.4 is 16.0 Å². The third kappa shape index (κ3) is 5.18. The fourth-order valence-electron chi connectivity index (χ4n) is 3.87. The summed E-state index contributed by atoms with van der Waals surface area (Å²) < 4.78 is 81.6. The number of anilines is 3. The van der Waals surface area contributed by atoms with Gasteiger partial charge in [-0.05, 0) is 58.0 Å². The Morgan fingerprint density at radius 2 is 1.59 bits per heavy atom. The van der Waals surface area contributed by atoms with Gasteiger partial charge in [-0.25, -0.2) is 9.97 Å². The number of fused-ring (bicyclic) bond motifs is 1. The van der Waals surface area contributed by atoms with Gasteiger partial charge in [-0.3, -0.25) is 4.57 Å². The molecular formula is C21H23F6N7. The van der Waals surface area contributed by atoms with Crippen LogP contribution in [-0.4, -0.2) is 38.7 Å². The molecule has 1 aliphatic rings. The summed E-state index contributed by atoms with van der Waals surface area (Å²) in [6.45, 7) is 5.23. The second-order valence-corrected chi connectivity index (χ2v) is 8.41. The minimum Gasteiger partial charge on any atom is -0.352 e. The Labute approximate surface area is 191 Å². The average molecular weight is 487 g/mol. The molecule has 1 aliphatic heterocycles. The molecule has 1 fully saturated rings. The predicted octanol–water partition coefficient (Wildman–Crippen LogP) is 5.35. The van der Waals surface area contributed by atoms with E-state index in [4.69, 9.17) is 0 Å². The topological polar surface area (TPSA) is 79.7 Å². The molecule has 2 aromatic heterocycles. The summed E-state index contributed by atoms with van der Waals surface area (Å²) >= 11 is 0. The molecule has 0 aliphatic carbocycles. The van der Waals surface area contributed by atoms with Crippen LogP contribution in [-0.2, 0) is 12.4 Å². The van der Waals surface area contributed by atoms with Crippen molar-refractivity contribution in [3.63, 3.8) is 0 Å². The lowest BCUT2D eigenvalue weighted by molar-refractivity contribution is -0.143. The van der Waals surface area contributed by atoms with Crippen LogP contribution in [0.4, 0.5) is 43.9 Å². The number of nitrogens with zero attached hydrogens (tertiary/aromatic N) is 4. The average Bonchev–Trinajstić information content (AvgIpc) is 3.09. The molecule has 0 radical (unpaired) electrons. The van der Waals surface area contributed by atoms with Crippen LogP contribution in [0.25, 0.3) is 11.2 Å². The Morgan fingerprint density at radius 1 is 0.971 bits per heavy atom. The molecular weight excluding hydrogens is 464 g/mol. The minimum absolute atomic E-state index is 0.0520. The molecule has 7 nitrogen and oxygen atoms in total. The van der Waals surface area contributed by atoms with Gasteiger partial charge in [0.05, 0.1) is 17.3 Å². The molecule has 0 bridgehead atoms. The van der Waals surface area contributed by atoms with E-state index in [2.05, 4.69) is 30.9 Å². The summed E-state index contributed by atoms with van der Waals surface area (Å²) in [5, 5.41) is 9.01. The van der Waals surface area contributed by atoms with E-state index in [1.165, 1.54) is 6.20 Å². The van der Waals surface area contributed by atoms with Crippen molar-refractivity contribution in [2.45, 2.75) is 51.1 Å². The van der Waals surface area contributed by atoms with Crippen molar-refractivity contribution < 1.29 is 26.3 Å². The van der Waals surface area contributed by atoms with Crippen LogP contribution in [0.3, 0.4) is 0 Å². The van der Waals surface area contributed by atoms with Gasteiger partial charge in [-0.1, -0.05) is 0 Å². The Balaban J connectivity index is 1.82. The number of nitrogens with one attached hydrogen (secondary N) is 3. The highest BCUT2D eigenvalue weighted by molar-refractivity contribution is 5.77. The van der Waals surface area contributed by atoms with Gasteiger partial charge in [0.25, 0.3) is 0 Å². The first-order chi connectivity index (χ1) is 15.9. The third-order valence-corrected chi connectivity index (χ3v) is 5.37. The van der Waals surface area contributed by atoms with Crippen molar-refractivity contribution in [2.75, 3.05) is 23.7 Å². The fourth-order valence-corrected chi connectivity index (χ4v) is 3.87. The minimum atomic E-state index is -4.95. The van der Waals surface area contributed by atoms with Crippen LogP contribution in [0.5, 0.6) is 0 Å². The first-order valence-electron chi connectivity index (χ1n) is 10.7. The van der Waals surface area contributed by atoms with E-state index >= 15 is 0 Å². The standard InChI is InChI=1S/C21H23F6N7/c1-11(2)30-18-29-10-16-17(33-18)34(15-3-5-28-6-4-15)19(32-16)31-14-8-12(20(22,23)24)7-13(9-14)21(25,26)27/h7-11,15,28H,3-6H2,1-2H3,(H,31,32)(H,29,30,33). The lowest BCUT2D eigenvalue weighted by Gasteiger charge is -2.26. The summed E-state index contributed by atoms with van der Waals surface area (Å²) in [4.78, 5) is 13.1. The summed E-state index contributed by atoms with van der Waals surface area (Å²) in [5.41, 5.74) is -2.37. The Hall–Kier alpha value is -3.09. The van der Waals surface area contributed by atoms with Crippen LogP contribution in [0.15, 0.2) is 24.4 Å². The van der Waals surface area contributed by atoms with Crippen LogP contribution in [0.2, 0.25) is 0 Å². The maximum absolute atomic E-state index is 13.3. The summed E-state index contributed by atoms with van der Waals surface area (Å²) in [7, 11) is 0. The number of rotatable bonds is 5. The van der Waals surface area contributed by atoms with Crippen molar-refractivity contribution in [3.05, 3.63) is 35.5 Å². The van der Waals surface area contributed by atoms with Gasteiger partial charge in [-0.15, -0.1) is 0 Å². The molecule has 1 aromatic carbocycles. The Bertz CT molecular complexity index is 1130. The number of benzene rings is 1. The number of alkyl halides is 6. The second-order valence-electron chi connectivity index (χ2n) is 8.41. The van der Waals surface area contributed by atoms with E-state index in [9.17, 15) is 26.3 Å². The van der Waals surface area contributed by atoms with E-state index in [1.807, 2.05) is 13.8 Å². The molecule has 3 aromatic rings. The molecule has 3 heterocycles. The first-order valence-corrected chi connectivity index (χ1v) is 10.7. The molecule has 1 saturated heterocycles. The highest BCUT2D eigenvalue weighted by Gasteiger charge is 2.37. The lowest BCUT2D eigenvalue weighted by atomic mass is 10.1. The number of hydrogen-bond acceptors (Lipinski definition) is 6. The SMILES string of the molecule is CC(C)Nc1ncc2nc(Nc3cc(C(F)(F)F)cc(C(F)(F)F)c3)n(C3CCNCC3)c2n1. The summed E-state index contributed by atoms with van der Waals surface area (Å²) in [6.07, 6.45) is -7.05. The van der Waals surface area contributed by atoms with Gasteiger partial charge in [0, 0.05) is 17.8 Å². The van der Waals surface area contributed by atoms with E-state index < -0.39 is 23.5 Å². The third-order valence-electron chi connectivity index (χ3n) is 5.37. The van der Waals surface area contributed by atoms with Crippen LogP contribution >= 0.6 is 0 Å². The molecule has 13 heteroatoms. The molecule has 0 unspecified atom stereocenters. The number of piperidine rings is 1. The zero-order chi connectivity index (χ0) is 24.7. The van der Waals surface area contributed by atoms with E-state index in [-0.39, 0.29) is 29.8 Å². The quantitative estimate of drug-likeness (QED) is 0.421.